The van der Waals surface area contributed by atoms with E-state index in [4.69, 9.17) is 0 Å². The highest BCUT2D eigenvalue weighted by Gasteiger charge is 2.15. The van der Waals surface area contributed by atoms with E-state index in [0.717, 1.165) is 0 Å². The topological polar surface area (TPSA) is 0 Å². The summed E-state index contributed by atoms with van der Waals surface area (Å²) in [5.41, 5.74) is 0. The normalized spacial score (nSPS) is 11.4. The molecule has 2 heteroatoms. The minimum atomic E-state index is -0.496. The largest absolute Gasteiger partial charge is 1.00 e. The molecule has 0 aliphatic carbocycles. The summed E-state index contributed by atoms with van der Waals surface area (Å²) in [5, 5.41) is 0. The van der Waals surface area contributed by atoms with E-state index in [9.17, 15) is 0 Å². The highest BCUT2D eigenvalue weighted by molar-refractivity contribution is 7.73. The monoisotopic (exact) mass is 400 g/mol. The van der Waals surface area contributed by atoms with Crippen LogP contribution in [0.5, 0.6) is 0 Å². The van der Waals surface area contributed by atoms with Gasteiger partial charge in [-0.3, -0.25) is 0 Å². The molecule has 0 N–H and O–H groups in total. The van der Waals surface area contributed by atoms with Crippen LogP contribution < -0.4 is 24.0 Å². The summed E-state index contributed by atoms with van der Waals surface area (Å²) in [6, 6.07) is 0. The Balaban J connectivity index is 0. The van der Waals surface area contributed by atoms with Crippen LogP contribution in [0.15, 0.2) is 0 Å². The number of halogens is 1. The van der Waals surface area contributed by atoms with E-state index in [0.29, 0.717) is 0 Å². The Morgan fingerprint density at radius 1 is 0.526 bits per heavy atom. The molecule has 0 aliphatic rings. The van der Waals surface area contributed by atoms with E-state index in [1.807, 2.05) is 0 Å². The number of hydrogen-bond donors (Lipinski definition) is 0. The van der Waals surface area contributed by atoms with E-state index in [1.165, 1.54) is 83.2 Å². The fourth-order valence-electron chi connectivity index (χ4n) is 2.43. The van der Waals surface area contributed by atoms with Crippen LogP contribution in [0.2, 0.25) is 0 Å². The van der Waals surface area contributed by atoms with Crippen LogP contribution in [0, 0.1) is 0 Å². The molecule has 0 saturated carbocycles. The molecule has 0 heterocycles. The van der Waals surface area contributed by atoms with Gasteiger partial charge in [-0.2, -0.15) is 0 Å². The van der Waals surface area contributed by atoms with Crippen LogP contribution in [-0.4, -0.2) is 26.2 Å². The third-order valence-electron chi connectivity index (χ3n) is 3.68. The van der Waals surface area contributed by atoms with Crippen LogP contribution in [0.1, 0.15) is 84.0 Å². The molecule has 0 bridgehead atoms. The first kappa shape index (κ1) is 22.4. The lowest BCUT2D eigenvalue weighted by Gasteiger charge is -2.10. The molecule has 0 saturated heterocycles. The molecule has 0 spiro atoms. The van der Waals surface area contributed by atoms with Crippen molar-refractivity contribution in [2.75, 3.05) is 26.2 Å². The molecule has 0 aromatic rings. The average molecular weight is 400 g/mol. The van der Waals surface area contributed by atoms with E-state index >= 15 is 0 Å². The second-order valence-electron chi connectivity index (χ2n) is 6.90. The minimum Gasteiger partial charge on any atom is -1.00 e. The van der Waals surface area contributed by atoms with Gasteiger partial charge in [0.25, 0.3) is 0 Å². The summed E-state index contributed by atoms with van der Waals surface area (Å²) < 4.78 is 0. The summed E-state index contributed by atoms with van der Waals surface area (Å²) >= 11 is 0. The van der Waals surface area contributed by atoms with E-state index in [2.05, 4.69) is 26.9 Å². The van der Waals surface area contributed by atoms with E-state index in [-0.39, 0.29) is 24.0 Å². The maximum atomic E-state index is 2.46. The van der Waals surface area contributed by atoms with Gasteiger partial charge in [0.15, 0.2) is 0 Å². The van der Waals surface area contributed by atoms with Crippen LogP contribution >= 0.6 is 7.26 Å². The lowest BCUT2D eigenvalue weighted by molar-refractivity contribution is -0.00000433. The molecule has 0 amide bonds. The molecule has 0 atom stereocenters. The average Bonchev–Trinajstić information content (AvgIpc) is 2.29. The van der Waals surface area contributed by atoms with Gasteiger partial charge in [0.1, 0.15) is 0 Å². The summed E-state index contributed by atoms with van der Waals surface area (Å²) in [5.74, 6) is 0. The third-order valence-corrected chi connectivity index (χ3v) is 5.34. The van der Waals surface area contributed by atoms with Crippen LogP contribution in [-0.2, 0) is 0 Å². The molecular weight excluding hydrogens is 362 g/mol. The molecule has 0 aromatic heterocycles. The Bertz CT molecular complexity index is 163. The van der Waals surface area contributed by atoms with Crippen molar-refractivity contribution in [3.8, 4) is 0 Å². The lowest BCUT2D eigenvalue weighted by Crippen LogP contribution is -3.00. The fraction of sp³-hybridized carbons (Fsp3) is 1.00. The van der Waals surface area contributed by atoms with Crippen LogP contribution in [0.3, 0.4) is 0 Å². The molecule has 19 heavy (non-hydrogen) atoms. The maximum Gasteiger partial charge on any atom is 0.0586 e. The van der Waals surface area contributed by atoms with Gasteiger partial charge in [-0.15, -0.1) is 0 Å². The fourth-order valence-corrected chi connectivity index (χ4v) is 3.60. The van der Waals surface area contributed by atoms with Crippen molar-refractivity contribution >= 4 is 7.26 Å². The summed E-state index contributed by atoms with van der Waals surface area (Å²) in [7, 11) is -0.496. The van der Waals surface area contributed by atoms with Crippen molar-refractivity contribution in [1.82, 2.24) is 0 Å². The molecule has 0 aliphatic heterocycles. The zero-order valence-corrected chi connectivity index (χ0v) is 17.1. The quantitative estimate of drug-likeness (QED) is 0.252. The number of unbranched alkanes of at least 4 members (excludes halogenated alkanes) is 11. The smallest absolute Gasteiger partial charge is 0.0586 e. The first-order valence-electron chi connectivity index (χ1n) is 8.36. The molecule has 0 aromatic carbocycles. The molecule has 0 rings (SSSR count). The second kappa shape index (κ2) is 15.5. The second-order valence-corrected chi connectivity index (χ2v) is 11.9. The SMILES string of the molecule is CCCCCCCCCCCCCC[P+](C)(C)C.[I-]. The van der Waals surface area contributed by atoms with Gasteiger partial charge in [-0.05, 0) is 12.8 Å². The Kier molecular flexibility index (Phi) is 18.4. The van der Waals surface area contributed by atoms with Crippen molar-refractivity contribution in [2.24, 2.45) is 0 Å². The van der Waals surface area contributed by atoms with Crippen LogP contribution in [0.4, 0.5) is 0 Å². The Hall–Kier alpha value is 1.16. The molecule has 0 radical (unpaired) electrons. The summed E-state index contributed by atoms with van der Waals surface area (Å²) in [6.45, 7) is 9.68. The van der Waals surface area contributed by atoms with Gasteiger partial charge in [-0.1, -0.05) is 71.1 Å². The van der Waals surface area contributed by atoms with Gasteiger partial charge in [0.05, 0.1) is 6.16 Å². The molecule has 0 fully saturated rings. The molecule has 0 nitrogen and oxygen atoms in total. The van der Waals surface area contributed by atoms with E-state index in [1.54, 1.807) is 0 Å². The Labute approximate surface area is 141 Å². The van der Waals surface area contributed by atoms with Crippen molar-refractivity contribution in [3.05, 3.63) is 0 Å². The van der Waals surface area contributed by atoms with Crippen molar-refractivity contribution in [3.63, 3.8) is 0 Å². The number of rotatable bonds is 13. The van der Waals surface area contributed by atoms with Gasteiger partial charge < -0.3 is 24.0 Å². The van der Waals surface area contributed by atoms with Crippen LogP contribution in [0.25, 0.3) is 0 Å². The molecule has 0 unspecified atom stereocenters. The predicted molar refractivity (Wildman–Crippen MR) is 90.6 cm³/mol. The van der Waals surface area contributed by atoms with Gasteiger partial charge in [-0.25, -0.2) is 0 Å². The molecular formula is C17H38IP. The van der Waals surface area contributed by atoms with E-state index < -0.39 is 7.26 Å². The van der Waals surface area contributed by atoms with Gasteiger partial charge in [0, 0.05) is 27.3 Å². The standard InChI is InChI=1S/C17H38P.HI/c1-5-6-7-8-9-10-11-12-13-14-15-16-17-18(2,3)4;/h5-17H2,1-4H3;1H/q+1;/p-1. The predicted octanol–water partition coefficient (Wildman–Crippen LogP) is 3.60. The zero-order chi connectivity index (χ0) is 13.7. The van der Waals surface area contributed by atoms with Crippen molar-refractivity contribution in [2.45, 2.75) is 84.0 Å². The highest BCUT2D eigenvalue weighted by atomic mass is 127. The first-order chi connectivity index (χ1) is 8.56. The Morgan fingerprint density at radius 3 is 1.16 bits per heavy atom. The maximum absolute atomic E-state index is 2.46. The zero-order valence-electron chi connectivity index (χ0n) is 14.0. The lowest BCUT2D eigenvalue weighted by atomic mass is 10.1. The summed E-state index contributed by atoms with van der Waals surface area (Å²) in [4.78, 5) is 0. The molecule has 118 valence electrons. The van der Waals surface area contributed by atoms with Crippen molar-refractivity contribution < 1.29 is 24.0 Å². The first-order valence-corrected chi connectivity index (χ1v) is 11.7. The third kappa shape index (κ3) is 21.6. The highest BCUT2D eigenvalue weighted by Crippen LogP contribution is 2.47. The number of hydrogen-bond acceptors (Lipinski definition) is 0. The Morgan fingerprint density at radius 2 is 0.842 bits per heavy atom. The van der Waals surface area contributed by atoms with Crippen molar-refractivity contribution in [1.29, 1.82) is 0 Å². The summed E-state index contributed by atoms with van der Waals surface area (Å²) in [6.07, 6.45) is 19.1. The minimum absolute atomic E-state index is 0. The van der Waals surface area contributed by atoms with Gasteiger partial charge in [0.2, 0.25) is 0 Å². The van der Waals surface area contributed by atoms with Gasteiger partial charge >= 0.3 is 0 Å².